The summed E-state index contributed by atoms with van der Waals surface area (Å²) in [6.07, 6.45) is 2.57. The van der Waals surface area contributed by atoms with E-state index < -0.39 is 15.4 Å². The average molecular weight is 311 g/mol. The van der Waals surface area contributed by atoms with Crippen LogP contribution in [0.1, 0.15) is 26.2 Å². The zero-order valence-electron chi connectivity index (χ0n) is 12.2. The van der Waals surface area contributed by atoms with Gasteiger partial charge in [0.15, 0.2) is 0 Å². The maximum absolute atomic E-state index is 12.4. The Hall–Kier alpha value is -1.44. The molecule has 0 aliphatic heterocycles. The van der Waals surface area contributed by atoms with Gasteiger partial charge in [-0.15, -0.1) is 0 Å². The van der Waals surface area contributed by atoms with Gasteiger partial charge in [0.25, 0.3) is 0 Å². The van der Waals surface area contributed by atoms with Crippen molar-refractivity contribution in [2.75, 3.05) is 12.4 Å². The summed E-state index contributed by atoms with van der Waals surface area (Å²) in [6.45, 7) is 1.87. The molecule has 1 aliphatic rings. The van der Waals surface area contributed by atoms with E-state index in [1.807, 2.05) is 6.92 Å². The molecule has 0 saturated heterocycles. The van der Waals surface area contributed by atoms with E-state index >= 15 is 0 Å². The summed E-state index contributed by atoms with van der Waals surface area (Å²) in [7, 11) is -2.11. The molecule has 1 aromatic rings. The summed E-state index contributed by atoms with van der Waals surface area (Å²) < 4.78 is 25.5. The van der Waals surface area contributed by atoms with E-state index in [4.69, 9.17) is 5.73 Å². The van der Waals surface area contributed by atoms with E-state index in [1.165, 1.54) is 19.2 Å². The molecule has 0 heterocycles. The number of nitrogens with two attached hydrogens (primary N) is 1. The number of hydrogen-bond acceptors (Lipinski definition) is 4. The highest BCUT2D eigenvalue weighted by atomic mass is 32.2. The van der Waals surface area contributed by atoms with Crippen LogP contribution in [-0.2, 0) is 14.8 Å². The quantitative estimate of drug-likeness (QED) is 0.773. The zero-order chi connectivity index (χ0) is 15.7. The van der Waals surface area contributed by atoms with Crippen LogP contribution in [0.4, 0.5) is 5.69 Å². The molecule has 1 aromatic carbocycles. The molecule has 2 atom stereocenters. The molecule has 1 fully saturated rings. The fourth-order valence-corrected chi connectivity index (χ4v) is 3.31. The molecule has 0 bridgehead atoms. The summed E-state index contributed by atoms with van der Waals surface area (Å²) in [6, 6.07) is 5.93. The topological polar surface area (TPSA) is 101 Å². The van der Waals surface area contributed by atoms with Crippen LogP contribution >= 0.6 is 0 Å². The van der Waals surface area contributed by atoms with Crippen LogP contribution in [-0.4, -0.2) is 27.4 Å². The molecule has 1 aliphatic carbocycles. The van der Waals surface area contributed by atoms with Crippen molar-refractivity contribution in [1.29, 1.82) is 0 Å². The largest absolute Gasteiger partial charge is 0.327 e. The van der Waals surface area contributed by atoms with Crippen molar-refractivity contribution in [2.24, 2.45) is 11.1 Å². The van der Waals surface area contributed by atoms with Crippen molar-refractivity contribution in [1.82, 2.24) is 4.72 Å². The Morgan fingerprint density at radius 2 is 1.95 bits per heavy atom. The predicted octanol–water partition coefficient (Wildman–Crippen LogP) is 1.05. The van der Waals surface area contributed by atoms with Crippen molar-refractivity contribution < 1.29 is 13.2 Å². The molecule has 4 N–H and O–H groups in total. The lowest BCUT2D eigenvalue weighted by molar-refractivity contribution is -0.125. The number of benzene rings is 1. The molecule has 1 amide bonds. The summed E-state index contributed by atoms with van der Waals surface area (Å²) in [5.74, 6) is -0.114. The highest BCUT2D eigenvalue weighted by molar-refractivity contribution is 7.89. The third kappa shape index (κ3) is 3.09. The van der Waals surface area contributed by atoms with Crippen molar-refractivity contribution in [3.05, 3.63) is 24.3 Å². The molecule has 2 unspecified atom stereocenters. The second kappa shape index (κ2) is 5.75. The Kier molecular flexibility index (Phi) is 4.36. The van der Waals surface area contributed by atoms with Crippen molar-refractivity contribution >= 4 is 21.6 Å². The first-order chi connectivity index (χ1) is 9.79. The number of nitrogens with one attached hydrogen (secondary N) is 2. The lowest BCUT2D eigenvalue weighted by Gasteiger charge is -2.27. The Morgan fingerprint density at radius 1 is 1.33 bits per heavy atom. The fraction of sp³-hybridized carbons (Fsp3) is 0.500. The minimum atomic E-state index is -3.46. The number of carbonyl (C=O) groups excluding carboxylic acids is 1. The highest BCUT2D eigenvalue weighted by Crippen LogP contribution is 2.37. The molecule has 116 valence electrons. The smallest absolute Gasteiger partial charge is 0.240 e. The molecular formula is C14H21N3O3S. The Labute approximate surface area is 125 Å². The van der Waals surface area contributed by atoms with Crippen LogP contribution in [0.2, 0.25) is 0 Å². The van der Waals surface area contributed by atoms with Gasteiger partial charge in [-0.3, -0.25) is 4.79 Å². The van der Waals surface area contributed by atoms with Crippen LogP contribution < -0.4 is 15.8 Å². The molecule has 21 heavy (non-hydrogen) atoms. The van der Waals surface area contributed by atoms with Gasteiger partial charge in [-0.05, 0) is 51.1 Å². The summed E-state index contributed by atoms with van der Waals surface area (Å²) in [5, 5.41) is 2.82. The number of carbonyl (C=O) groups is 1. The lowest BCUT2D eigenvalue weighted by Crippen LogP contribution is -2.44. The molecule has 2 rings (SSSR count). The summed E-state index contributed by atoms with van der Waals surface area (Å²) >= 11 is 0. The van der Waals surface area contributed by atoms with Gasteiger partial charge in [-0.25, -0.2) is 13.1 Å². The number of anilines is 1. The zero-order valence-corrected chi connectivity index (χ0v) is 13.0. The molecular weight excluding hydrogens is 290 g/mol. The van der Waals surface area contributed by atoms with Crippen molar-refractivity contribution in [2.45, 2.75) is 37.1 Å². The maximum atomic E-state index is 12.4. The SMILES string of the molecule is CNS(=O)(=O)c1ccc(NC(=O)C2(C)CCCC2N)cc1. The Morgan fingerprint density at radius 3 is 2.43 bits per heavy atom. The van der Waals surface area contributed by atoms with Gasteiger partial charge in [-0.2, -0.15) is 0 Å². The fourth-order valence-electron chi connectivity index (χ4n) is 2.58. The Bertz CT molecular complexity index is 627. The number of rotatable bonds is 4. The van der Waals surface area contributed by atoms with Gasteiger partial charge in [0.2, 0.25) is 15.9 Å². The second-order valence-electron chi connectivity index (χ2n) is 5.60. The third-order valence-electron chi connectivity index (χ3n) is 4.24. The summed E-state index contributed by atoms with van der Waals surface area (Å²) in [4.78, 5) is 12.5. The van der Waals surface area contributed by atoms with Gasteiger partial charge in [0.05, 0.1) is 10.3 Å². The van der Waals surface area contributed by atoms with E-state index in [0.29, 0.717) is 5.69 Å². The van der Waals surface area contributed by atoms with Gasteiger partial charge < -0.3 is 11.1 Å². The predicted molar refractivity (Wildman–Crippen MR) is 81.3 cm³/mol. The maximum Gasteiger partial charge on any atom is 0.240 e. The normalized spacial score (nSPS) is 25.8. The first-order valence-electron chi connectivity index (χ1n) is 6.90. The van der Waals surface area contributed by atoms with E-state index in [2.05, 4.69) is 10.0 Å². The van der Waals surface area contributed by atoms with Crippen LogP contribution in [0.25, 0.3) is 0 Å². The molecule has 0 spiro atoms. The van der Waals surface area contributed by atoms with Crippen LogP contribution in [0.3, 0.4) is 0 Å². The molecule has 1 saturated carbocycles. The van der Waals surface area contributed by atoms with Gasteiger partial charge in [-0.1, -0.05) is 6.42 Å². The molecule has 6 nitrogen and oxygen atoms in total. The minimum absolute atomic E-state index is 0.114. The molecule has 0 aromatic heterocycles. The van der Waals surface area contributed by atoms with Crippen molar-refractivity contribution in [3.63, 3.8) is 0 Å². The van der Waals surface area contributed by atoms with Crippen molar-refractivity contribution in [3.8, 4) is 0 Å². The van der Waals surface area contributed by atoms with Crippen LogP contribution in [0.15, 0.2) is 29.2 Å². The first-order valence-corrected chi connectivity index (χ1v) is 8.38. The first kappa shape index (κ1) is 15.9. The number of hydrogen-bond donors (Lipinski definition) is 3. The van der Waals surface area contributed by atoms with E-state index in [-0.39, 0.29) is 16.8 Å². The number of amides is 1. The number of sulfonamides is 1. The summed E-state index contributed by atoms with van der Waals surface area (Å²) in [5.41, 5.74) is 6.02. The molecule has 7 heteroatoms. The average Bonchev–Trinajstić information content (AvgIpc) is 2.80. The van der Waals surface area contributed by atoms with Crippen LogP contribution in [0.5, 0.6) is 0 Å². The minimum Gasteiger partial charge on any atom is -0.327 e. The van der Waals surface area contributed by atoms with Gasteiger partial charge >= 0.3 is 0 Å². The second-order valence-corrected chi connectivity index (χ2v) is 7.49. The van der Waals surface area contributed by atoms with Crippen LogP contribution in [0, 0.1) is 5.41 Å². The van der Waals surface area contributed by atoms with E-state index in [9.17, 15) is 13.2 Å². The van der Waals surface area contributed by atoms with E-state index in [0.717, 1.165) is 19.3 Å². The van der Waals surface area contributed by atoms with Gasteiger partial charge in [0, 0.05) is 11.7 Å². The Balaban J connectivity index is 2.12. The van der Waals surface area contributed by atoms with Gasteiger partial charge in [0.1, 0.15) is 0 Å². The lowest BCUT2D eigenvalue weighted by atomic mass is 9.84. The third-order valence-corrected chi connectivity index (χ3v) is 5.67. The molecule has 0 radical (unpaired) electrons. The van der Waals surface area contributed by atoms with E-state index in [1.54, 1.807) is 12.1 Å². The highest BCUT2D eigenvalue weighted by Gasteiger charge is 2.42. The monoisotopic (exact) mass is 311 g/mol. The standard InChI is InChI=1S/C14H21N3O3S/c1-14(9-3-4-12(14)15)13(18)17-10-5-7-11(8-6-10)21(19,20)16-2/h5-8,12,16H,3-4,9,15H2,1-2H3,(H,17,18).